The third-order valence-electron chi connectivity index (χ3n) is 2.26. The Morgan fingerprint density at radius 2 is 2.50 bits per heavy atom. The Kier molecular flexibility index (Phi) is 5.35. The van der Waals surface area contributed by atoms with Crippen LogP contribution >= 0.6 is 0 Å². The molecular formula is C10H19N5O. The van der Waals surface area contributed by atoms with Gasteiger partial charge in [0.1, 0.15) is 5.84 Å². The summed E-state index contributed by atoms with van der Waals surface area (Å²) >= 11 is 0. The molecule has 1 unspecified atom stereocenters. The molecule has 1 rings (SSSR count). The number of amidine groups is 1. The molecule has 1 aromatic heterocycles. The van der Waals surface area contributed by atoms with Gasteiger partial charge in [0.25, 0.3) is 0 Å². The molecule has 0 radical (unpaired) electrons. The summed E-state index contributed by atoms with van der Waals surface area (Å²) in [6.07, 6.45) is 5.27. The number of hydrogen-bond donors (Lipinski definition) is 3. The molecule has 0 amide bonds. The number of nitrogens with zero attached hydrogens (tertiary/aromatic N) is 3. The van der Waals surface area contributed by atoms with Crippen LogP contribution in [-0.4, -0.2) is 33.4 Å². The monoisotopic (exact) mass is 225 g/mol. The third-order valence-corrected chi connectivity index (χ3v) is 2.26. The van der Waals surface area contributed by atoms with Gasteiger partial charge in [0.2, 0.25) is 0 Å². The van der Waals surface area contributed by atoms with E-state index in [4.69, 9.17) is 10.9 Å². The van der Waals surface area contributed by atoms with Gasteiger partial charge in [-0.3, -0.25) is 4.68 Å². The van der Waals surface area contributed by atoms with Crippen molar-refractivity contribution in [2.24, 2.45) is 10.9 Å². The van der Waals surface area contributed by atoms with Crippen molar-refractivity contribution in [1.29, 1.82) is 0 Å². The lowest BCUT2D eigenvalue weighted by Gasteiger charge is -2.12. The minimum Gasteiger partial charge on any atom is -0.409 e. The van der Waals surface area contributed by atoms with Crippen molar-refractivity contribution in [2.45, 2.75) is 32.4 Å². The number of aromatic nitrogens is 2. The first-order valence-electron chi connectivity index (χ1n) is 5.39. The molecule has 1 aromatic rings. The van der Waals surface area contributed by atoms with Crippen molar-refractivity contribution in [3.05, 3.63) is 18.5 Å². The quantitative estimate of drug-likeness (QED) is 0.206. The van der Waals surface area contributed by atoms with E-state index in [1.54, 1.807) is 6.20 Å². The van der Waals surface area contributed by atoms with Gasteiger partial charge in [0.05, 0.1) is 0 Å². The van der Waals surface area contributed by atoms with E-state index in [0.29, 0.717) is 6.42 Å². The highest BCUT2D eigenvalue weighted by Crippen LogP contribution is 1.92. The zero-order valence-corrected chi connectivity index (χ0v) is 9.50. The Bertz CT molecular complexity index is 309. The molecule has 1 atom stereocenters. The molecule has 0 aliphatic carbocycles. The number of nitrogens with two attached hydrogens (primary N) is 1. The fourth-order valence-electron chi connectivity index (χ4n) is 1.45. The van der Waals surface area contributed by atoms with Crippen molar-refractivity contribution < 1.29 is 5.21 Å². The smallest absolute Gasteiger partial charge is 0.140 e. The lowest BCUT2D eigenvalue weighted by molar-refractivity contribution is 0.315. The predicted octanol–water partition coefficient (Wildman–Crippen LogP) is 0.388. The number of aryl methyl sites for hydroxylation is 1. The normalized spacial score (nSPS) is 13.9. The fourth-order valence-corrected chi connectivity index (χ4v) is 1.45. The second-order valence-electron chi connectivity index (χ2n) is 3.77. The molecule has 90 valence electrons. The lowest BCUT2D eigenvalue weighted by Crippen LogP contribution is -2.32. The number of oxime groups is 1. The molecule has 6 nitrogen and oxygen atoms in total. The number of nitrogens with one attached hydrogen (secondary N) is 1. The second kappa shape index (κ2) is 6.84. The second-order valence-corrected chi connectivity index (χ2v) is 3.77. The van der Waals surface area contributed by atoms with E-state index in [0.717, 1.165) is 19.5 Å². The van der Waals surface area contributed by atoms with Crippen LogP contribution < -0.4 is 11.1 Å². The van der Waals surface area contributed by atoms with Gasteiger partial charge in [-0.05, 0) is 26.0 Å². The van der Waals surface area contributed by atoms with Gasteiger partial charge in [-0.15, -0.1) is 0 Å². The highest BCUT2D eigenvalue weighted by atomic mass is 16.4. The predicted molar refractivity (Wildman–Crippen MR) is 62.3 cm³/mol. The van der Waals surface area contributed by atoms with E-state index in [-0.39, 0.29) is 11.9 Å². The molecule has 0 aliphatic rings. The number of hydrogen-bond acceptors (Lipinski definition) is 4. The van der Waals surface area contributed by atoms with Gasteiger partial charge in [-0.1, -0.05) is 5.16 Å². The largest absolute Gasteiger partial charge is 0.409 e. The molecule has 0 bridgehead atoms. The van der Waals surface area contributed by atoms with Crippen molar-refractivity contribution in [1.82, 2.24) is 15.1 Å². The summed E-state index contributed by atoms with van der Waals surface area (Å²) in [4.78, 5) is 0. The molecule has 0 spiro atoms. The lowest BCUT2D eigenvalue weighted by atomic mass is 10.2. The van der Waals surface area contributed by atoms with Gasteiger partial charge in [-0.25, -0.2) is 0 Å². The van der Waals surface area contributed by atoms with Crippen molar-refractivity contribution in [3.8, 4) is 0 Å². The van der Waals surface area contributed by atoms with Gasteiger partial charge in [0, 0.05) is 31.4 Å². The highest BCUT2D eigenvalue weighted by Gasteiger charge is 2.03. The molecule has 6 heteroatoms. The standard InChI is InChI=1S/C10H19N5O/c1-9(8-10(11)14-16)12-4-2-6-15-7-3-5-13-15/h3,5,7,9,12,16H,2,4,6,8H2,1H3,(H2,11,14). The van der Waals surface area contributed by atoms with E-state index >= 15 is 0 Å². The molecule has 0 aliphatic heterocycles. The summed E-state index contributed by atoms with van der Waals surface area (Å²) in [5.74, 6) is 0.257. The summed E-state index contributed by atoms with van der Waals surface area (Å²) in [6.45, 7) is 3.79. The van der Waals surface area contributed by atoms with Crippen LogP contribution in [0.4, 0.5) is 0 Å². The zero-order valence-electron chi connectivity index (χ0n) is 9.50. The third kappa shape index (κ3) is 4.79. The van der Waals surface area contributed by atoms with Gasteiger partial charge < -0.3 is 16.3 Å². The zero-order chi connectivity index (χ0) is 11.8. The van der Waals surface area contributed by atoms with Crippen LogP contribution in [0, 0.1) is 0 Å². The van der Waals surface area contributed by atoms with Crippen molar-refractivity contribution in [2.75, 3.05) is 6.54 Å². The molecule has 4 N–H and O–H groups in total. The topological polar surface area (TPSA) is 88.5 Å². The maximum absolute atomic E-state index is 8.40. The SMILES string of the molecule is CC(C/C(N)=N/O)NCCCn1cccn1. The highest BCUT2D eigenvalue weighted by molar-refractivity contribution is 5.80. The van der Waals surface area contributed by atoms with Crippen LogP contribution in [-0.2, 0) is 6.54 Å². The van der Waals surface area contributed by atoms with Crippen molar-refractivity contribution >= 4 is 5.84 Å². The first-order chi connectivity index (χ1) is 7.72. The number of rotatable bonds is 7. The van der Waals surface area contributed by atoms with E-state index in [9.17, 15) is 0 Å². The molecule has 0 fully saturated rings. The molecule has 0 saturated carbocycles. The first kappa shape index (κ1) is 12.5. The summed E-state index contributed by atoms with van der Waals surface area (Å²) in [5, 5.41) is 18.7. The van der Waals surface area contributed by atoms with Gasteiger partial charge >= 0.3 is 0 Å². The van der Waals surface area contributed by atoms with Crippen LogP contribution in [0.1, 0.15) is 19.8 Å². The fraction of sp³-hybridized carbons (Fsp3) is 0.600. The minimum atomic E-state index is 0.216. The van der Waals surface area contributed by atoms with Crippen LogP contribution in [0.15, 0.2) is 23.6 Å². The maximum Gasteiger partial charge on any atom is 0.140 e. The van der Waals surface area contributed by atoms with E-state index < -0.39 is 0 Å². The van der Waals surface area contributed by atoms with E-state index in [1.807, 2.05) is 23.9 Å². The summed E-state index contributed by atoms with van der Waals surface area (Å²) in [6, 6.07) is 2.13. The molecule has 0 aromatic carbocycles. The Morgan fingerprint density at radius 1 is 1.69 bits per heavy atom. The molecule has 1 heterocycles. The Morgan fingerprint density at radius 3 is 3.12 bits per heavy atom. The van der Waals surface area contributed by atoms with Gasteiger partial charge in [0.15, 0.2) is 0 Å². The van der Waals surface area contributed by atoms with Crippen LogP contribution in [0.25, 0.3) is 0 Å². The summed E-state index contributed by atoms with van der Waals surface area (Å²) < 4.78 is 1.90. The summed E-state index contributed by atoms with van der Waals surface area (Å²) in [5.41, 5.74) is 5.40. The van der Waals surface area contributed by atoms with Gasteiger partial charge in [-0.2, -0.15) is 5.10 Å². The first-order valence-corrected chi connectivity index (χ1v) is 5.39. The molecule has 16 heavy (non-hydrogen) atoms. The van der Waals surface area contributed by atoms with Crippen LogP contribution in [0.3, 0.4) is 0 Å². The van der Waals surface area contributed by atoms with Crippen molar-refractivity contribution in [3.63, 3.8) is 0 Å². The van der Waals surface area contributed by atoms with Crippen LogP contribution in [0.5, 0.6) is 0 Å². The average Bonchev–Trinajstić information content (AvgIpc) is 2.77. The van der Waals surface area contributed by atoms with E-state index in [2.05, 4.69) is 15.6 Å². The Balaban J connectivity index is 2.06. The van der Waals surface area contributed by atoms with E-state index in [1.165, 1.54) is 0 Å². The minimum absolute atomic E-state index is 0.216. The summed E-state index contributed by atoms with van der Waals surface area (Å²) in [7, 11) is 0. The maximum atomic E-state index is 8.40. The average molecular weight is 225 g/mol. The van der Waals surface area contributed by atoms with Crippen LogP contribution in [0.2, 0.25) is 0 Å². The molecule has 0 saturated heterocycles. The Hall–Kier alpha value is -1.56. The molecular weight excluding hydrogens is 206 g/mol. The Labute approximate surface area is 95.1 Å².